The van der Waals surface area contributed by atoms with Gasteiger partial charge in [-0.1, -0.05) is 13.8 Å². The van der Waals surface area contributed by atoms with Gasteiger partial charge in [0.1, 0.15) is 0 Å². The largest absolute Gasteiger partial charge is 0.314 e. The summed E-state index contributed by atoms with van der Waals surface area (Å²) in [6.45, 7) is 12.4. The summed E-state index contributed by atoms with van der Waals surface area (Å²) in [5.74, 6) is 1.81. The summed E-state index contributed by atoms with van der Waals surface area (Å²) in [5.41, 5.74) is 0. The van der Waals surface area contributed by atoms with Gasteiger partial charge in [0.25, 0.3) is 0 Å². The molecule has 0 bridgehead atoms. The van der Waals surface area contributed by atoms with Gasteiger partial charge in [-0.25, -0.2) is 0 Å². The van der Waals surface area contributed by atoms with Gasteiger partial charge in [0.05, 0.1) is 0 Å². The molecule has 116 valence electrons. The van der Waals surface area contributed by atoms with Crippen molar-refractivity contribution in [3.8, 4) is 0 Å². The van der Waals surface area contributed by atoms with E-state index < -0.39 is 0 Å². The Balaban J connectivity index is 1.47. The van der Waals surface area contributed by atoms with Gasteiger partial charge in [-0.2, -0.15) is 0 Å². The number of rotatable bonds is 5. The number of nitrogens with one attached hydrogen (secondary N) is 1. The topological polar surface area (TPSA) is 18.5 Å². The molecule has 2 aliphatic carbocycles. The highest BCUT2D eigenvalue weighted by Gasteiger charge is 2.33. The summed E-state index contributed by atoms with van der Waals surface area (Å²) >= 11 is 0. The van der Waals surface area contributed by atoms with Gasteiger partial charge in [-0.3, -0.25) is 4.90 Å². The highest BCUT2D eigenvalue weighted by molar-refractivity contribution is 4.90. The van der Waals surface area contributed by atoms with E-state index in [9.17, 15) is 0 Å². The van der Waals surface area contributed by atoms with Crippen LogP contribution in [0.5, 0.6) is 0 Å². The van der Waals surface area contributed by atoms with Crippen molar-refractivity contribution in [2.24, 2.45) is 11.8 Å². The molecule has 3 nitrogen and oxygen atoms in total. The van der Waals surface area contributed by atoms with E-state index in [2.05, 4.69) is 29.0 Å². The fraction of sp³-hybridized carbons (Fsp3) is 1.00. The Hall–Kier alpha value is -0.120. The van der Waals surface area contributed by atoms with Gasteiger partial charge in [0.2, 0.25) is 0 Å². The van der Waals surface area contributed by atoms with E-state index in [1.54, 1.807) is 0 Å². The second-order valence-electron chi connectivity index (χ2n) is 7.41. The van der Waals surface area contributed by atoms with Crippen LogP contribution in [0.2, 0.25) is 0 Å². The highest BCUT2D eigenvalue weighted by Crippen LogP contribution is 2.31. The van der Waals surface area contributed by atoms with E-state index in [-0.39, 0.29) is 0 Å². The molecule has 3 rings (SSSR count). The Labute approximate surface area is 125 Å². The van der Waals surface area contributed by atoms with Crippen LogP contribution >= 0.6 is 0 Å². The van der Waals surface area contributed by atoms with E-state index in [0.29, 0.717) is 0 Å². The van der Waals surface area contributed by atoms with E-state index in [4.69, 9.17) is 0 Å². The number of hydrogen-bond donors (Lipinski definition) is 1. The van der Waals surface area contributed by atoms with Crippen molar-refractivity contribution in [2.75, 3.05) is 39.3 Å². The fourth-order valence-electron chi connectivity index (χ4n) is 4.31. The smallest absolute Gasteiger partial charge is 0.0113 e. The number of nitrogens with zero attached hydrogens (tertiary/aromatic N) is 2. The summed E-state index contributed by atoms with van der Waals surface area (Å²) in [6.07, 6.45) is 7.16. The molecule has 1 saturated heterocycles. The zero-order valence-corrected chi connectivity index (χ0v) is 13.5. The van der Waals surface area contributed by atoms with Gasteiger partial charge < -0.3 is 10.2 Å². The van der Waals surface area contributed by atoms with E-state index >= 15 is 0 Å². The molecule has 0 spiro atoms. The minimum absolute atomic E-state index is 0.776. The van der Waals surface area contributed by atoms with E-state index in [1.165, 1.54) is 64.8 Å². The first kappa shape index (κ1) is 14.8. The molecule has 0 amide bonds. The van der Waals surface area contributed by atoms with Crippen LogP contribution in [0.25, 0.3) is 0 Å². The average Bonchev–Trinajstić information content (AvgIpc) is 3.27. The Morgan fingerprint density at radius 1 is 1.00 bits per heavy atom. The molecule has 0 radical (unpaired) electrons. The third-order valence-corrected chi connectivity index (χ3v) is 5.67. The molecule has 0 aromatic heterocycles. The molecule has 2 saturated carbocycles. The monoisotopic (exact) mass is 279 g/mol. The molecule has 1 aliphatic heterocycles. The maximum atomic E-state index is 3.74. The van der Waals surface area contributed by atoms with Gasteiger partial charge in [0, 0.05) is 44.8 Å². The van der Waals surface area contributed by atoms with Gasteiger partial charge >= 0.3 is 0 Å². The van der Waals surface area contributed by atoms with Crippen LogP contribution in [-0.4, -0.2) is 61.2 Å². The van der Waals surface area contributed by atoms with Crippen LogP contribution in [0.15, 0.2) is 0 Å². The molecule has 20 heavy (non-hydrogen) atoms. The van der Waals surface area contributed by atoms with Crippen molar-refractivity contribution in [2.45, 2.75) is 58.0 Å². The third-order valence-electron chi connectivity index (χ3n) is 5.67. The zero-order chi connectivity index (χ0) is 13.9. The minimum atomic E-state index is 0.776. The maximum Gasteiger partial charge on any atom is 0.0113 e. The minimum Gasteiger partial charge on any atom is -0.314 e. The molecule has 0 aromatic carbocycles. The fourth-order valence-corrected chi connectivity index (χ4v) is 4.31. The Morgan fingerprint density at radius 3 is 2.40 bits per heavy atom. The molecule has 0 aromatic rings. The van der Waals surface area contributed by atoms with E-state index in [0.717, 1.165) is 30.5 Å². The van der Waals surface area contributed by atoms with Crippen molar-refractivity contribution in [3.63, 3.8) is 0 Å². The zero-order valence-electron chi connectivity index (χ0n) is 13.5. The number of hydrogen-bond acceptors (Lipinski definition) is 3. The molecular formula is C17H33N3. The Bertz CT molecular complexity index is 295. The molecule has 3 atom stereocenters. The molecule has 3 unspecified atom stereocenters. The van der Waals surface area contributed by atoms with Crippen LogP contribution in [-0.2, 0) is 0 Å². The van der Waals surface area contributed by atoms with Crippen LogP contribution in [0.1, 0.15) is 46.0 Å². The predicted molar refractivity (Wildman–Crippen MR) is 85.0 cm³/mol. The maximum absolute atomic E-state index is 3.74. The summed E-state index contributed by atoms with van der Waals surface area (Å²) in [4.78, 5) is 5.47. The van der Waals surface area contributed by atoms with Gasteiger partial charge in [0.15, 0.2) is 0 Å². The van der Waals surface area contributed by atoms with Gasteiger partial charge in [-0.15, -0.1) is 0 Å². The lowest BCUT2D eigenvalue weighted by Crippen LogP contribution is -2.51. The molecule has 3 fully saturated rings. The summed E-state index contributed by atoms with van der Waals surface area (Å²) in [7, 11) is 0. The Kier molecular flexibility index (Phi) is 5.00. The quantitative estimate of drug-likeness (QED) is 0.832. The van der Waals surface area contributed by atoms with E-state index in [1.807, 2.05) is 0 Å². The standard InChI is InChI=1S/C17H33N3/c1-3-18-17-7-4-14(2)12-15(17)13-19-8-10-20(11-9-19)16-5-6-16/h14-18H,3-13H2,1-2H3. The second-order valence-corrected chi connectivity index (χ2v) is 7.41. The first-order valence-corrected chi connectivity index (χ1v) is 8.96. The first-order valence-electron chi connectivity index (χ1n) is 8.96. The lowest BCUT2D eigenvalue weighted by molar-refractivity contribution is 0.0877. The first-order chi connectivity index (χ1) is 9.76. The lowest BCUT2D eigenvalue weighted by atomic mass is 9.78. The molecule has 1 N–H and O–H groups in total. The van der Waals surface area contributed by atoms with Crippen molar-refractivity contribution >= 4 is 0 Å². The SMILES string of the molecule is CCNC1CCC(C)CC1CN1CCN(C2CC2)CC1. The van der Waals surface area contributed by atoms with Crippen molar-refractivity contribution < 1.29 is 0 Å². The molecular weight excluding hydrogens is 246 g/mol. The summed E-state index contributed by atoms with van der Waals surface area (Å²) in [6, 6.07) is 1.74. The third kappa shape index (κ3) is 3.75. The lowest BCUT2D eigenvalue weighted by Gasteiger charge is -2.41. The van der Waals surface area contributed by atoms with Crippen LogP contribution in [0.3, 0.4) is 0 Å². The Morgan fingerprint density at radius 2 is 1.75 bits per heavy atom. The van der Waals surface area contributed by atoms with Crippen LogP contribution in [0, 0.1) is 11.8 Å². The van der Waals surface area contributed by atoms with Crippen molar-refractivity contribution in [3.05, 3.63) is 0 Å². The molecule has 1 heterocycles. The summed E-state index contributed by atoms with van der Waals surface area (Å²) in [5, 5.41) is 3.74. The average molecular weight is 279 g/mol. The van der Waals surface area contributed by atoms with Gasteiger partial charge in [-0.05, 0) is 50.5 Å². The van der Waals surface area contributed by atoms with Crippen molar-refractivity contribution in [1.29, 1.82) is 0 Å². The van der Waals surface area contributed by atoms with Crippen LogP contribution in [0.4, 0.5) is 0 Å². The highest BCUT2D eigenvalue weighted by atomic mass is 15.3. The second kappa shape index (κ2) is 6.76. The molecule has 3 heteroatoms. The van der Waals surface area contributed by atoms with Crippen molar-refractivity contribution in [1.82, 2.24) is 15.1 Å². The number of piperazine rings is 1. The van der Waals surface area contributed by atoms with Crippen LogP contribution < -0.4 is 5.32 Å². The summed E-state index contributed by atoms with van der Waals surface area (Å²) < 4.78 is 0. The predicted octanol–water partition coefficient (Wildman–Crippen LogP) is 2.18. The molecule has 3 aliphatic rings. The normalized spacial score (nSPS) is 37.2.